The predicted octanol–water partition coefficient (Wildman–Crippen LogP) is 1.47. The molecule has 0 bridgehead atoms. The first-order valence-corrected chi connectivity index (χ1v) is 6.48. The normalized spacial score (nSPS) is 13.3. The van der Waals surface area contributed by atoms with Gasteiger partial charge in [-0.05, 0) is 22.2 Å². The van der Waals surface area contributed by atoms with Crippen LogP contribution in [0, 0.1) is 0 Å². The van der Waals surface area contributed by atoms with Crippen LogP contribution in [0.3, 0.4) is 0 Å². The number of hydrogen-bond acceptors (Lipinski definition) is 1. The fourth-order valence-corrected chi connectivity index (χ4v) is 3.19. The number of halogens is 1. The molecule has 0 saturated carbocycles. The Morgan fingerprint density at radius 2 is 2.43 bits per heavy atom. The molecule has 4 heteroatoms. The zero-order valence-electron chi connectivity index (χ0n) is 4.23. The third-order valence-corrected chi connectivity index (χ3v) is 4.66. The van der Waals surface area contributed by atoms with Gasteiger partial charge in [-0.15, -0.1) is 0 Å². The van der Waals surface area contributed by atoms with E-state index >= 15 is 0 Å². The molecule has 0 amide bonds. The Morgan fingerprint density at radius 3 is 2.43 bits per heavy atom. The summed E-state index contributed by atoms with van der Waals surface area (Å²) in [6, 6.07) is 0. The largest absolute Gasteiger partial charge is 0.281 e. The van der Waals surface area contributed by atoms with Crippen LogP contribution in [-0.2, 0) is 0 Å². The van der Waals surface area contributed by atoms with E-state index in [2.05, 4.69) is 32.8 Å². The standard InChI is InChI=1S/C3H8INS2/c1-5-3(6-2)7-4/h5-6H,1-2H3. The lowest BCUT2D eigenvalue weighted by Crippen LogP contribution is -2.09. The topological polar surface area (TPSA) is 12.0 Å². The van der Waals surface area contributed by atoms with E-state index in [1.54, 1.807) is 8.93 Å². The summed E-state index contributed by atoms with van der Waals surface area (Å²) in [7, 11) is 3.68. The van der Waals surface area contributed by atoms with Gasteiger partial charge in [0.15, 0.2) is 0 Å². The number of rotatable bonds is 0. The van der Waals surface area contributed by atoms with Gasteiger partial charge in [0.1, 0.15) is 0 Å². The van der Waals surface area contributed by atoms with Crippen molar-refractivity contribution >= 4 is 45.8 Å². The van der Waals surface area contributed by atoms with E-state index in [9.17, 15) is 0 Å². The van der Waals surface area contributed by atoms with Crippen LogP contribution >= 0.6 is 41.5 Å². The summed E-state index contributed by atoms with van der Waals surface area (Å²) in [5.41, 5.74) is 0. The minimum absolute atomic E-state index is 1.31. The highest BCUT2D eigenvalue weighted by atomic mass is 127. The second kappa shape index (κ2) is 5.40. The van der Waals surface area contributed by atoms with Gasteiger partial charge in [-0.2, -0.15) is 11.4 Å². The minimum atomic E-state index is 1.31. The number of nitrogens with one attached hydrogen (secondary N) is 1. The Morgan fingerprint density at radius 1 is 1.86 bits per heavy atom. The van der Waals surface area contributed by atoms with Crippen LogP contribution in [-0.4, -0.2) is 17.6 Å². The molecule has 44 valence electrons. The van der Waals surface area contributed by atoms with Gasteiger partial charge in [-0.25, -0.2) is 0 Å². The summed E-state index contributed by atoms with van der Waals surface area (Å²) in [6.45, 7) is 0. The van der Waals surface area contributed by atoms with Crippen LogP contribution in [0.15, 0.2) is 0 Å². The number of thiol groups is 1. The minimum Gasteiger partial charge on any atom is -0.281 e. The quantitative estimate of drug-likeness (QED) is 0.383. The van der Waals surface area contributed by atoms with E-state index in [0.29, 0.717) is 0 Å². The summed E-state index contributed by atoms with van der Waals surface area (Å²) in [5.74, 6) is 0. The Labute approximate surface area is 64.2 Å². The molecule has 0 unspecified atom stereocenters. The zero-order chi connectivity index (χ0) is 5.70. The Balaban J connectivity index is 3.38. The molecule has 0 spiro atoms. The average Bonchev–Trinajstić information content (AvgIpc) is 1.72. The Bertz CT molecular complexity index is 67.3. The molecule has 0 aliphatic heterocycles. The molecule has 0 rings (SSSR count). The third kappa shape index (κ3) is 3.81. The van der Waals surface area contributed by atoms with Crippen LogP contribution in [0.25, 0.3) is 0 Å². The summed E-state index contributed by atoms with van der Waals surface area (Å²) in [5, 5.41) is 3.06. The van der Waals surface area contributed by atoms with E-state index in [1.165, 1.54) is 15.7 Å². The van der Waals surface area contributed by atoms with Crippen LogP contribution in [0.2, 0.25) is 0 Å². The molecule has 0 aliphatic carbocycles. The van der Waals surface area contributed by atoms with Gasteiger partial charge >= 0.3 is 0 Å². The summed E-state index contributed by atoms with van der Waals surface area (Å²) >= 11 is 3.58. The van der Waals surface area contributed by atoms with Crippen molar-refractivity contribution in [3.63, 3.8) is 0 Å². The van der Waals surface area contributed by atoms with Gasteiger partial charge in [0, 0.05) is 21.2 Å². The van der Waals surface area contributed by atoms with Crippen molar-refractivity contribution in [2.24, 2.45) is 0 Å². The van der Waals surface area contributed by atoms with Crippen LogP contribution < -0.4 is 5.32 Å². The van der Waals surface area contributed by atoms with Gasteiger partial charge in [-0.1, -0.05) is 0 Å². The first-order chi connectivity index (χ1) is 3.35. The maximum atomic E-state index is 3.06. The van der Waals surface area contributed by atoms with Crippen molar-refractivity contribution in [2.45, 2.75) is 0 Å². The lowest BCUT2D eigenvalue weighted by atomic mass is 11.2. The zero-order valence-corrected chi connectivity index (χ0v) is 8.10. The maximum Gasteiger partial charge on any atom is 0.0801 e. The first kappa shape index (κ1) is 8.26. The second-order valence-corrected chi connectivity index (χ2v) is 3.94. The summed E-state index contributed by atoms with van der Waals surface area (Å²) in [6.07, 6.45) is 2.11. The molecule has 0 aliphatic rings. The smallest absolute Gasteiger partial charge is 0.0801 e. The molecule has 1 nitrogen and oxygen atoms in total. The van der Waals surface area contributed by atoms with Crippen LogP contribution in [0.4, 0.5) is 0 Å². The fourth-order valence-electron chi connectivity index (χ4n) is 0.185. The monoisotopic (exact) mass is 249 g/mol. The molecular weight excluding hydrogens is 241 g/mol. The Hall–Kier alpha value is 1.26. The van der Waals surface area contributed by atoms with Crippen molar-refractivity contribution < 1.29 is 0 Å². The predicted molar refractivity (Wildman–Crippen MR) is 50.6 cm³/mol. The molecule has 0 aromatic rings. The molecule has 0 aromatic carbocycles. The highest BCUT2D eigenvalue weighted by molar-refractivity contribution is 14.2. The fraction of sp³-hybridized carbons (Fsp3) is 0.667. The SMILES string of the molecule is CN/C(SI)=[SH]/C. The first-order valence-electron chi connectivity index (χ1n) is 1.78. The lowest BCUT2D eigenvalue weighted by molar-refractivity contribution is 1.23. The molecular formula is C3H8INS2. The van der Waals surface area contributed by atoms with Crippen molar-refractivity contribution in [2.75, 3.05) is 13.3 Å². The van der Waals surface area contributed by atoms with E-state index in [1.807, 2.05) is 7.05 Å². The molecule has 0 fully saturated rings. The third-order valence-electron chi connectivity index (χ3n) is 0.490. The molecule has 0 radical (unpaired) electrons. The molecule has 0 saturated heterocycles. The van der Waals surface area contributed by atoms with Crippen molar-refractivity contribution in [1.29, 1.82) is 0 Å². The van der Waals surface area contributed by atoms with Gasteiger partial charge in [0.25, 0.3) is 0 Å². The molecule has 1 N–H and O–H groups in total. The molecule has 0 heterocycles. The van der Waals surface area contributed by atoms with Crippen molar-refractivity contribution in [3.05, 3.63) is 0 Å². The van der Waals surface area contributed by atoms with E-state index in [-0.39, 0.29) is 0 Å². The average molecular weight is 249 g/mol. The Kier molecular flexibility index (Phi) is 6.37. The van der Waals surface area contributed by atoms with Gasteiger partial charge < -0.3 is 0 Å². The lowest BCUT2D eigenvalue weighted by Gasteiger charge is -1.93. The van der Waals surface area contributed by atoms with E-state index in [4.69, 9.17) is 0 Å². The van der Waals surface area contributed by atoms with Gasteiger partial charge in [0.2, 0.25) is 0 Å². The molecule has 7 heavy (non-hydrogen) atoms. The second-order valence-electron chi connectivity index (χ2n) is 0.856. The highest BCUT2D eigenvalue weighted by Crippen LogP contribution is 2.12. The van der Waals surface area contributed by atoms with E-state index < -0.39 is 0 Å². The van der Waals surface area contributed by atoms with E-state index in [0.717, 1.165) is 0 Å². The summed E-state index contributed by atoms with van der Waals surface area (Å²) in [4.78, 5) is 0. The van der Waals surface area contributed by atoms with Crippen LogP contribution in [0.5, 0.6) is 0 Å². The van der Waals surface area contributed by atoms with Crippen molar-refractivity contribution in [3.8, 4) is 0 Å². The van der Waals surface area contributed by atoms with Crippen molar-refractivity contribution in [1.82, 2.24) is 5.32 Å². The highest BCUT2D eigenvalue weighted by Gasteiger charge is 1.83. The molecule has 0 aromatic heterocycles. The van der Waals surface area contributed by atoms with Crippen LogP contribution in [0.1, 0.15) is 0 Å². The summed E-state index contributed by atoms with van der Waals surface area (Å²) < 4.78 is 1.31. The van der Waals surface area contributed by atoms with Gasteiger partial charge in [-0.3, -0.25) is 5.32 Å². The maximum absolute atomic E-state index is 3.06. The number of hydrogen-bond donors (Lipinski definition) is 2. The van der Waals surface area contributed by atoms with Gasteiger partial charge in [0.05, 0.1) is 4.32 Å². The molecule has 0 atom stereocenters.